The first-order chi connectivity index (χ1) is 10.0. The predicted molar refractivity (Wildman–Crippen MR) is 98.5 cm³/mol. The van der Waals surface area contributed by atoms with E-state index in [1.165, 1.54) is 0 Å². The summed E-state index contributed by atoms with van der Waals surface area (Å²) in [4.78, 5) is 14.5. The summed E-state index contributed by atoms with van der Waals surface area (Å²) >= 11 is 0. The second kappa shape index (κ2) is 11.5. The molecule has 4 atom stereocenters. The Hall–Kier alpha value is -0.0700. The summed E-state index contributed by atoms with van der Waals surface area (Å²) in [6, 6.07) is 0.214. The van der Waals surface area contributed by atoms with Gasteiger partial charge < -0.3 is 15.8 Å². The lowest BCUT2D eigenvalue weighted by molar-refractivity contribution is -0.126. The smallest absolute Gasteiger partial charge is 0.223 e. The van der Waals surface area contributed by atoms with Crippen LogP contribution in [0.2, 0.25) is 0 Å². The molecule has 0 aromatic carbocycles. The molecule has 138 valence electrons. The van der Waals surface area contributed by atoms with E-state index in [1.54, 1.807) is 0 Å². The number of nitrogens with zero attached hydrogens (tertiary/aromatic N) is 1. The quantitative estimate of drug-likeness (QED) is 0.726. The molecule has 1 heterocycles. The Morgan fingerprint density at radius 2 is 1.87 bits per heavy atom. The molecule has 2 rings (SSSR count). The molecule has 1 saturated carbocycles. The van der Waals surface area contributed by atoms with Gasteiger partial charge in [0, 0.05) is 38.1 Å². The van der Waals surface area contributed by atoms with Gasteiger partial charge in [0.2, 0.25) is 5.91 Å². The van der Waals surface area contributed by atoms with E-state index in [0.29, 0.717) is 12.2 Å². The Labute approximate surface area is 152 Å². The van der Waals surface area contributed by atoms with Gasteiger partial charge in [0.25, 0.3) is 0 Å². The van der Waals surface area contributed by atoms with Crippen LogP contribution >= 0.6 is 24.8 Å². The molecule has 3 N–H and O–H groups in total. The second-order valence-corrected chi connectivity index (χ2v) is 6.79. The molecule has 4 unspecified atom stereocenters. The number of halogens is 2. The normalized spacial score (nSPS) is 31.6. The highest BCUT2D eigenvalue weighted by atomic mass is 35.5. The minimum atomic E-state index is 0. The van der Waals surface area contributed by atoms with E-state index in [4.69, 9.17) is 10.5 Å². The Balaban J connectivity index is 0.00000242. The van der Waals surface area contributed by atoms with Crippen LogP contribution in [0.25, 0.3) is 0 Å². The number of rotatable bonds is 5. The van der Waals surface area contributed by atoms with E-state index in [9.17, 15) is 4.79 Å². The highest BCUT2D eigenvalue weighted by Crippen LogP contribution is 2.23. The molecule has 0 radical (unpaired) electrons. The van der Waals surface area contributed by atoms with Crippen LogP contribution in [0.1, 0.15) is 46.0 Å². The van der Waals surface area contributed by atoms with Gasteiger partial charge in [-0.25, -0.2) is 0 Å². The third kappa shape index (κ3) is 8.03. The van der Waals surface area contributed by atoms with Gasteiger partial charge in [-0.05, 0) is 39.5 Å². The molecule has 1 aliphatic heterocycles. The van der Waals surface area contributed by atoms with Crippen molar-refractivity contribution in [3.05, 3.63) is 0 Å². The van der Waals surface area contributed by atoms with Crippen LogP contribution < -0.4 is 11.1 Å². The van der Waals surface area contributed by atoms with Crippen LogP contribution in [0, 0.1) is 5.92 Å². The van der Waals surface area contributed by atoms with Gasteiger partial charge >= 0.3 is 0 Å². The van der Waals surface area contributed by atoms with Gasteiger partial charge in [0.15, 0.2) is 0 Å². The minimum absolute atomic E-state index is 0. The lowest BCUT2D eigenvalue weighted by Gasteiger charge is -2.35. The van der Waals surface area contributed by atoms with E-state index < -0.39 is 0 Å². The molecule has 2 fully saturated rings. The first-order valence-electron chi connectivity index (χ1n) is 8.45. The van der Waals surface area contributed by atoms with Gasteiger partial charge in [-0.15, -0.1) is 24.8 Å². The van der Waals surface area contributed by atoms with Crippen molar-refractivity contribution in [1.29, 1.82) is 0 Å². The summed E-state index contributed by atoms with van der Waals surface area (Å²) in [6.45, 7) is 8.03. The Kier molecular flexibility index (Phi) is 11.4. The van der Waals surface area contributed by atoms with Crippen molar-refractivity contribution in [2.75, 3.05) is 26.2 Å². The molecule has 1 aliphatic carbocycles. The highest BCUT2D eigenvalue weighted by molar-refractivity contribution is 5.85. The molecular weight excluding hydrogens is 337 g/mol. The lowest BCUT2D eigenvalue weighted by Crippen LogP contribution is -2.46. The Bertz CT molecular complexity index is 337. The molecule has 0 aromatic rings. The monoisotopic (exact) mass is 369 g/mol. The molecule has 7 heteroatoms. The van der Waals surface area contributed by atoms with Crippen LogP contribution in [-0.2, 0) is 9.53 Å². The first-order valence-corrected chi connectivity index (χ1v) is 8.45. The summed E-state index contributed by atoms with van der Waals surface area (Å²) in [6.07, 6.45) is 5.63. The zero-order chi connectivity index (χ0) is 15.2. The predicted octanol–water partition coefficient (Wildman–Crippen LogP) is 1.96. The molecular formula is C16H33Cl2N3O2. The summed E-state index contributed by atoms with van der Waals surface area (Å²) in [5.41, 5.74) is 5.94. The summed E-state index contributed by atoms with van der Waals surface area (Å²) < 4.78 is 5.73. The third-order valence-corrected chi connectivity index (χ3v) is 4.53. The van der Waals surface area contributed by atoms with Crippen LogP contribution in [0.3, 0.4) is 0 Å². The minimum Gasteiger partial charge on any atom is -0.373 e. The fourth-order valence-corrected chi connectivity index (χ4v) is 3.59. The molecule has 2 aliphatic rings. The molecule has 0 bridgehead atoms. The number of hydrogen-bond acceptors (Lipinski definition) is 4. The fourth-order valence-electron chi connectivity index (χ4n) is 3.59. The number of nitrogens with one attached hydrogen (secondary N) is 1. The molecule has 23 heavy (non-hydrogen) atoms. The maximum Gasteiger partial charge on any atom is 0.223 e. The summed E-state index contributed by atoms with van der Waals surface area (Å²) in [7, 11) is 0. The van der Waals surface area contributed by atoms with Crippen molar-refractivity contribution < 1.29 is 9.53 Å². The van der Waals surface area contributed by atoms with E-state index in [-0.39, 0.29) is 42.7 Å². The molecule has 0 aromatic heterocycles. The lowest BCUT2D eigenvalue weighted by atomic mass is 9.85. The molecule has 1 saturated heterocycles. The second-order valence-electron chi connectivity index (χ2n) is 6.79. The van der Waals surface area contributed by atoms with Gasteiger partial charge in [-0.2, -0.15) is 0 Å². The zero-order valence-electron chi connectivity index (χ0n) is 14.3. The molecule has 1 amide bonds. The van der Waals surface area contributed by atoms with Crippen molar-refractivity contribution >= 4 is 30.7 Å². The van der Waals surface area contributed by atoms with Gasteiger partial charge in [-0.3, -0.25) is 9.69 Å². The SMILES string of the molecule is CC1CN(CCCNC(=O)C2CCCC(N)C2)CC(C)O1.Cl.Cl. The van der Waals surface area contributed by atoms with E-state index >= 15 is 0 Å². The van der Waals surface area contributed by atoms with E-state index in [2.05, 4.69) is 24.1 Å². The van der Waals surface area contributed by atoms with Gasteiger partial charge in [0.1, 0.15) is 0 Å². The summed E-state index contributed by atoms with van der Waals surface area (Å²) in [5.74, 6) is 0.339. The maximum absolute atomic E-state index is 12.1. The van der Waals surface area contributed by atoms with Crippen LogP contribution in [0.4, 0.5) is 0 Å². The topological polar surface area (TPSA) is 67.6 Å². The highest BCUT2D eigenvalue weighted by Gasteiger charge is 2.25. The Morgan fingerprint density at radius 1 is 1.22 bits per heavy atom. The first kappa shape index (κ1) is 22.9. The maximum atomic E-state index is 12.1. The number of nitrogens with two attached hydrogens (primary N) is 1. The number of hydrogen-bond donors (Lipinski definition) is 2. The number of carbonyl (C=O) groups is 1. The van der Waals surface area contributed by atoms with Crippen molar-refractivity contribution in [3.8, 4) is 0 Å². The van der Waals surface area contributed by atoms with E-state index in [0.717, 1.165) is 58.3 Å². The summed E-state index contributed by atoms with van der Waals surface area (Å²) in [5, 5.41) is 3.08. The van der Waals surface area contributed by atoms with Gasteiger partial charge in [0.05, 0.1) is 12.2 Å². The van der Waals surface area contributed by atoms with Crippen molar-refractivity contribution in [1.82, 2.24) is 10.2 Å². The van der Waals surface area contributed by atoms with Crippen molar-refractivity contribution in [2.45, 2.75) is 64.2 Å². The largest absolute Gasteiger partial charge is 0.373 e. The Morgan fingerprint density at radius 3 is 2.48 bits per heavy atom. The van der Waals surface area contributed by atoms with E-state index in [1.807, 2.05) is 0 Å². The van der Waals surface area contributed by atoms with Crippen molar-refractivity contribution in [2.24, 2.45) is 11.7 Å². The van der Waals surface area contributed by atoms with Gasteiger partial charge in [-0.1, -0.05) is 6.42 Å². The average molecular weight is 370 g/mol. The van der Waals surface area contributed by atoms with Crippen molar-refractivity contribution in [3.63, 3.8) is 0 Å². The molecule has 5 nitrogen and oxygen atoms in total. The number of carbonyl (C=O) groups excluding carboxylic acids is 1. The van der Waals surface area contributed by atoms with Crippen LogP contribution in [-0.4, -0.2) is 55.2 Å². The zero-order valence-corrected chi connectivity index (χ0v) is 16.0. The number of amides is 1. The molecule has 0 spiro atoms. The fraction of sp³-hybridized carbons (Fsp3) is 0.938. The number of morpholine rings is 1. The average Bonchev–Trinajstić information content (AvgIpc) is 2.42. The standard InChI is InChI=1S/C16H31N3O2.2ClH/c1-12-10-19(11-13(2)21-12)8-4-7-18-16(20)14-5-3-6-15(17)9-14;;/h12-15H,3-11,17H2,1-2H3,(H,18,20);2*1H. The number of ether oxygens (including phenoxy) is 1. The van der Waals surface area contributed by atoms with Crippen LogP contribution in [0.15, 0.2) is 0 Å². The third-order valence-electron chi connectivity index (χ3n) is 4.53. The van der Waals surface area contributed by atoms with Crippen LogP contribution in [0.5, 0.6) is 0 Å².